The van der Waals surface area contributed by atoms with Crippen LogP contribution in [-0.4, -0.2) is 15.2 Å². The Balaban J connectivity index is 3.05. The van der Waals surface area contributed by atoms with E-state index in [2.05, 4.69) is 15.2 Å². The molecule has 0 amide bonds. The molecule has 0 atom stereocenters. The molecule has 0 saturated carbocycles. The van der Waals surface area contributed by atoms with E-state index in [1.165, 1.54) is 0 Å². The van der Waals surface area contributed by atoms with E-state index in [0.29, 0.717) is 0 Å². The summed E-state index contributed by atoms with van der Waals surface area (Å²) in [5.41, 5.74) is 0. The molecule has 1 heterocycles. The average Bonchev–Trinajstić information content (AvgIpc) is 1.86. The molecule has 3 radical (unpaired) electrons. The molecule has 6 heavy (non-hydrogen) atoms. The number of thiazole rings is 1. The standard InChI is InChI=1S/C3H2NSSi/c6-3-4-1-2-5-3/h1-2H. The summed E-state index contributed by atoms with van der Waals surface area (Å²) in [5, 5.41) is 1.92. The van der Waals surface area contributed by atoms with Gasteiger partial charge in [0.2, 0.25) is 0 Å². The van der Waals surface area contributed by atoms with Crippen LogP contribution in [0.1, 0.15) is 0 Å². The lowest BCUT2D eigenvalue weighted by molar-refractivity contribution is 1.48. The van der Waals surface area contributed by atoms with E-state index < -0.39 is 0 Å². The first-order valence-electron chi connectivity index (χ1n) is 1.50. The van der Waals surface area contributed by atoms with Gasteiger partial charge in [0.05, 0.1) is 4.63 Å². The third-order valence-electron chi connectivity index (χ3n) is 0.432. The summed E-state index contributed by atoms with van der Waals surface area (Å²) >= 11 is 1.58. The van der Waals surface area contributed by atoms with Crippen molar-refractivity contribution in [1.82, 2.24) is 4.98 Å². The highest BCUT2D eigenvalue weighted by Gasteiger charge is 1.76. The molecule has 1 aromatic rings. The monoisotopic (exact) mass is 112 g/mol. The van der Waals surface area contributed by atoms with Gasteiger partial charge < -0.3 is 0 Å². The lowest BCUT2D eigenvalue weighted by Crippen LogP contribution is -1.95. The smallest absolute Gasteiger partial charge is 0.115 e. The Kier molecular flexibility index (Phi) is 1.02. The molecule has 0 unspecified atom stereocenters. The second kappa shape index (κ2) is 1.53. The first kappa shape index (κ1) is 4.02. The maximum atomic E-state index is 3.85. The first-order valence-corrected chi connectivity index (χ1v) is 2.88. The van der Waals surface area contributed by atoms with Crippen molar-refractivity contribution in [2.24, 2.45) is 0 Å². The van der Waals surface area contributed by atoms with Crippen LogP contribution in [0.2, 0.25) is 0 Å². The molecule has 0 bridgehead atoms. The van der Waals surface area contributed by atoms with Gasteiger partial charge in [0.25, 0.3) is 0 Å². The van der Waals surface area contributed by atoms with E-state index in [0.717, 1.165) is 4.63 Å². The van der Waals surface area contributed by atoms with Crippen molar-refractivity contribution in [3.8, 4) is 0 Å². The average molecular weight is 112 g/mol. The van der Waals surface area contributed by atoms with Crippen molar-refractivity contribution in [2.75, 3.05) is 0 Å². The minimum absolute atomic E-state index is 0.940. The van der Waals surface area contributed by atoms with E-state index in [1.807, 2.05) is 5.38 Å². The van der Waals surface area contributed by atoms with Crippen LogP contribution in [0.15, 0.2) is 11.6 Å². The normalized spacial score (nSPS) is 8.83. The molecule has 0 N–H and O–H groups in total. The molecule has 0 aromatic carbocycles. The van der Waals surface area contributed by atoms with Crippen LogP contribution in [0.25, 0.3) is 0 Å². The molecule has 0 aliphatic rings. The molecule has 1 rings (SSSR count). The van der Waals surface area contributed by atoms with Gasteiger partial charge in [-0.25, -0.2) is 0 Å². The third-order valence-corrected chi connectivity index (χ3v) is 1.50. The van der Waals surface area contributed by atoms with Gasteiger partial charge in [-0.3, -0.25) is 4.98 Å². The highest BCUT2D eigenvalue weighted by atomic mass is 32.1. The van der Waals surface area contributed by atoms with Crippen LogP contribution in [0.5, 0.6) is 0 Å². The Hall–Kier alpha value is -0.153. The van der Waals surface area contributed by atoms with Crippen molar-refractivity contribution in [3.05, 3.63) is 11.6 Å². The van der Waals surface area contributed by atoms with E-state index in [4.69, 9.17) is 0 Å². The predicted octanol–water partition coefficient (Wildman–Crippen LogP) is -0.0631. The summed E-state index contributed by atoms with van der Waals surface area (Å²) in [5.74, 6) is 0. The molecule has 0 aliphatic carbocycles. The predicted molar refractivity (Wildman–Crippen MR) is 27.5 cm³/mol. The van der Waals surface area contributed by atoms with Crippen LogP contribution in [0, 0.1) is 0 Å². The summed E-state index contributed by atoms with van der Waals surface area (Å²) in [6.07, 6.45) is 1.76. The van der Waals surface area contributed by atoms with Crippen molar-refractivity contribution in [2.45, 2.75) is 0 Å². The minimum atomic E-state index is 0.940. The summed E-state index contributed by atoms with van der Waals surface area (Å²) < 4.78 is 0.940. The Morgan fingerprint density at radius 3 is 2.83 bits per heavy atom. The van der Waals surface area contributed by atoms with Crippen LogP contribution < -0.4 is 4.63 Å². The molecule has 1 nitrogen and oxygen atoms in total. The lowest BCUT2D eigenvalue weighted by Gasteiger charge is -1.64. The highest BCUT2D eigenvalue weighted by Crippen LogP contribution is 1.81. The number of rotatable bonds is 0. The van der Waals surface area contributed by atoms with Crippen molar-refractivity contribution in [3.63, 3.8) is 0 Å². The molecule has 0 aliphatic heterocycles. The minimum Gasteiger partial charge on any atom is -0.256 e. The van der Waals surface area contributed by atoms with Crippen LogP contribution in [-0.2, 0) is 0 Å². The van der Waals surface area contributed by atoms with Crippen molar-refractivity contribution >= 4 is 26.2 Å². The van der Waals surface area contributed by atoms with Gasteiger partial charge in [0, 0.05) is 11.6 Å². The Morgan fingerprint density at radius 2 is 2.67 bits per heavy atom. The SMILES string of the molecule is [Si]c1nccs1. The molecule has 3 heteroatoms. The second-order valence-corrected chi connectivity index (χ2v) is 2.57. The molecule has 0 fully saturated rings. The number of nitrogens with zero attached hydrogens (tertiary/aromatic N) is 1. The fourth-order valence-corrected chi connectivity index (χ4v) is 0.874. The summed E-state index contributed by atoms with van der Waals surface area (Å²) in [4.78, 5) is 3.85. The highest BCUT2D eigenvalue weighted by molar-refractivity contribution is 7.17. The van der Waals surface area contributed by atoms with Gasteiger partial charge in [-0.15, -0.1) is 11.3 Å². The maximum absolute atomic E-state index is 3.85. The maximum Gasteiger partial charge on any atom is 0.115 e. The van der Waals surface area contributed by atoms with Gasteiger partial charge in [0.15, 0.2) is 0 Å². The number of hydrogen-bond acceptors (Lipinski definition) is 2. The van der Waals surface area contributed by atoms with Gasteiger partial charge in [-0.05, 0) is 0 Å². The van der Waals surface area contributed by atoms with Crippen LogP contribution in [0.3, 0.4) is 0 Å². The third kappa shape index (κ3) is 0.665. The zero-order valence-electron chi connectivity index (χ0n) is 3.01. The Bertz CT molecular complexity index is 114. The van der Waals surface area contributed by atoms with E-state index in [-0.39, 0.29) is 0 Å². The van der Waals surface area contributed by atoms with Gasteiger partial charge in [-0.1, -0.05) is 0 Å². The fourth-order valence-electron chi connectivity index (χ4n) is 0.223. The van der Waals surface area contributed by atoms with E-state index >= 15 is 0 Å². The van der Waals surface area contributed by atoms with Crippen molar-refractivity contribution < 1.29 is 0 Å². The largest absolute Gasteiger partial charge is 0.256 e. The lowest BCUT2D eigenvalue weighted by atomic mass is 11.0. The van der Waals surface area contributed by atoms with Crippen LogP contribution in [0.4, 0.5) is 0 Å². The van der Waals surface area contributed by atoms with Crippen LogP contribution >= 0.6 is 11.3 Å². The first-order chi connectivity index (χ1) is 2.89. The quantitative estimate of drug-likeness (QED) is 0.428. The van der Waals surface area contributed by atoms with Gasteiger partial charge in [0.1, 0.15) is 10.2 Å². The fraction of sp³-hybridized carbons (Fsp3) is 0. The number of aromatic nitrogens is 1. The molecular formula is C3H2NSSi. The topological polar surface area (TPSA) is 12.9 Å². The molecule has 1 aromatic heterocycles. The summed E-state index contributed by atoms with van der Waals surface area (Å²) in [6, 6.07) is 0. The number of hydrogen-bond donors (Lipinski definition) is 0. The van der Waals surface area contributed by atoms with Gasteiger partial charge in [-0.2, -0.15) is 0 Å². The Labute approximate surface area is 43.5 Å². The summed E-state index contributed by atoms with van der Waals surface area (Å²) in [7, 11) is 3.23. The molecule has 0 saturated heterocycles. The summed E-state index contributed by atoms with van der Waals surface area (Å²) in [6.45, 7) is 0. The molecular weight excluding hydrogens is 110 g/mol. The van der Waals surface area contributed by atoms with E-state index in [9.17, 15) is 0 Å². The Morgan fingerprint density at radius 1 is 1.83 bits per heavy atom. The zero-order chi connectivity index (χ0) is 4.41. The van der Waals surface area contributed by atoms with Gasteiger partial charge >= 0.3 is 0 Å². The molecule has 0 spiro atoms. The van der Waals surface area contributed by atoms with E-state index in [1.54, 1.807) is 17.5 Å². The zero-order valence-corrected chi connectivity index (χ0v) is 4.83. The van der Waals surface area contributed by atoms with Crippen molar-refractivity contribution in [1.29, 1.82) is 0 Å². The molecule has 29 valence electrons. The second-order valence-electron chi connectivity index (χ2n) is 0.837.